The average molecular weight is 277 g/mol. The van der Waals surface area contributed by atoms with E-state index < -0.39 is 0 Å². The minimum atomic E-state index is -0.165. The van der Waals surface area contributed by atoms with Gasteiger partial charge in [-0.1, -0.05) is 0 Å². The third-order valence-corrected chi connectivity index (χ3v) is 4.25. The quantitative estimate of drug-likeness (QED) is 0.850. The van der Waals surface area contributed by atoms with E-state index in [4.69, 9.17) is 0 Å². The van der Waals surface area contributed by atoms with Gasteiger partial charge in [0.15, 0.2) is 0 Å². The van der Waals surface area contributed by atoms with E-state index in [1.165, 1.54) is 6.92 Å². The summed E-state index contributed by atoms with van der Waals surface area (Å²) in [5.41, 5.74) is 0. The van der Waals surface area contributed by atoms with E-state index in [2.05, 4.69) is 15.5 Å². The zero-order valence-electron chi connectivity index (χ0n) is 11.5. The molecule has 108 valence electrons. The van der Waals surface area contributed by atoms with Crippen LogP contribution in [-0.4, -0.2) is 50.3 Å². The molecule has 3 rings (SSSR count). The second-order valence-electron chi connectivity index (χ2n) is 5.57. The predicted octanol–water partition coefficient (Wildman–Crippen LogP) is 0.109. The Labute approximate surface area is 117 Å². The van der Waals surface area contributed by atoms with Crippen LogP contribution in [0.3, 0.4) is 0 Å². The summed E-state index contributed by atoms with van der Waals surface area (Å²) < 4.78 is 0. The molecule has 7 nitrogen and oxygen atoms in total. The molecule has 3 heterocycles. The largest absolute Gasteiger partial charge is 0.347 e. The lowest BCUT2D eigenvalue weighted by molar-refractivity contribution is -0.137. The maximum Gasteiger partial charge on any atom is 0.242 e. The highest BCUT2D eigenvalue weighted by molar-refractivity contribution is 5.84. The van der Waals surface area contributed by atoms with Gasteiger partial charge in [0, 0.05) is 19.0 Å². The van der Waals surface area contributed by atoms with E-state index in [0.717, 1.165) is 25.7 Å². The van der Waals surface area contributed by atoms with Gasteiger partial charge < -0.3 is 10.2 Å². The summed E-state index contributed by atoms with van der Waals surface area (Å²) in [6, 6.07) is 0.796. The lowest BCUT2D eigenvalue weighted by Gasteiger charge is -2.38. The van der Waals surface area contributed by atoms with Crippen molar-refractivity contribution in [3.8, 4) is 0 Å². The average Bonchev–Trinajstić information content (AvgIpc) is 3.03. The number of nitrogens with one attached hydrogen (secondary N) is 1. The van der Waals surface area contributed by atoms with Gasteiger partial charge in [-0.3, -0.25) is 9.59 Å². The van der Waals surface area contributed by atoms with Gasteiger partial charge in [0.25, 0.3) is 0 Å². The summed E-state index contributed by atoms with van der Waals surface area (Å²) in [5.74, 6) is -0.138. The van der Waals surface area contributed by atoms with Gasteiger partial charge >= 0.3 is 0 Å². The Bertz CT molecular complexity index is 487. The molecule has 1 aromatic rings. The molecule has 2 atom stereocenters. The highest BCUT2D eigenvalue weighted by Gasteiger charge is 2.43. The molecule has 0 aromatic carbocycles. The zero-order valence-corrected chi connectivity index (χ0v) is 11.5. The van der Waals surface area contributed by atoms with Crippen LogP contribution in [0, 0.1) is 0 Å². The van der Waals surface area contributed by atoms with Crippen molar-refractivity contribution in [2.75, 3.05) is 6.54 Å². The Morgan fingerprint density at radius 2 is 1.75 bits per heavy atom. The Kier molecular flexibility index (Phi) is 3.42. The van der Waals surface area contributed by atoms with Gasteiger partial charge in [0.05, 0.1) is 25.0 Å². The number of rotatable bonds is 3. The monoisotopic (exact) mass is 277 g/mol. The van der Waals surface area contributed by atoms with Crippen LogP contribution in [0.4, 0.5) is 0 Å². The second-order valence-corrected chi connectivity index (χ2v) is 5.57. The molecular weight excluding hydrogens is 258 g/mol. The highest BCUT2D eigenvalue weighted by Crippen LogP contribution is 2.40. The Morgan fingerprint density at radius 3 is 2.30 bits per heavy atom. The van der Waals surface area contributed by atoms with Crippen molar-refractivity contribution in [3.63, 3.8) is 0 Å². The summed E-state index contributed by atoms with van der Waals surface area (Å²) >= 11 is 0. The first-order valence-corrected chi connectivity index (χ1v) is 7.06. The number of amides is 2. The fraction of sp³-hybridized carbons (Fsp3) is 0.692. The molecule has 2 saturated heterocycles. The molecule has 2 amide bonds. The standard InChI is InChI=1S/C13H19N5O2/c1-9(19)14-8-13(20)17-10-2-3-11(17)7-12(6-10)18-15-4-5-16-18/h4-5,10-12H,2-3,6-8H2,1H3,(H,14,19). The van der Waals surface area contributed by atoms with E-state index >= 15 is 0 Å². The number of hydrogen-bond donors (Lipinski definition) is 1. The summed E-state index contributed by atoms with van der Waals surface area (Å²) in [4.78, 5) is 26.9. The molecule has 2 aliphatic rings. The Balaban J connectivity index is 1.66. The lowest BCUT2D eigenvalue weighted by atomic mass is 9.97. The van der Waals surface area contributed by atoms with Crippen LogP contribution in [0.1, 0.15) is 38.6 Å². The summed E-state index contributed by atoms with van der Waals surface area (Å²) in [5, 5.41) is 11.0. The van der Waals surface area contributed by atoms with Crippen molar-refractivity contribution in [3.05, 3.63) is 12.4 Å². The molecule has 0 spiro atoms. The van der Waals surface area contributed by atoms with E-state index in [1.54, 1.807) is 17.2 Å². The second kappa shape index (κ2) is 5.22. The first-order chi connectivity index (χ1) is 9.65. The van der Waals surface area contributed by atoms with E-state index in [0.29, 0.717) is 0 Å². The smallest absolute Gasteiger partial charge is 0.242 e. The Morgan fingerprint density at radius 1 is 1.15 bits per heavy atom. The number of carbonyl (C=O) groups is 2. The van der Waals surface area contributed by atoms with Crippen LogP contribution in [0.25, 0.3) is 0 Å². The third kappa shape index (κ3) is 2.39. The fourth-order valence-electron chi connectivity index (χ4n) is 3.45. The molecule has 0 aliphatic carbocycles. The van der Waals surface area contributed by atoms with Crippen molar-refractivity contribution >= 4 is 11.8 Å². The minimum absolute atomic E-state index is 0.0274. The van der Waals surface area contributed by atoms with Crippen LogP contribution < -0.4 is 5.32 Å². The van der Waals surface area contributed by atoms with E-state index in [1.807, 2.05) is 4.90 Å². The third-order valence-electron chi connectivity index (χ3n) is 4.25. The lowest BCUT2D eigenvalue weighted by Crippen LogP contribution is -2.50. The molecule has 2 unspecified atom stereocenters. The number of hydrogen-bond acceptors (Lipinski definition) is 4. The van der Waals surface area contributed by atoms with Crippen molar-refractivity contribution in [1.82, 2.24) is 25.2 Å². The molecular formula is C13H19N5O2. The van der Waals surface area contributed by atoms with Crippen LogP contribution in [0.5, 0.6) is 0 Å². The van der Waals surface area contributed by atoms with Crippen LogP contribution >= 0.6 is 0 Å². The van der Waals surface area contributed by atoms with Crippen LogP contribution in [0.15, 0.2) is 12.4 Å². The highest BCUT2D eigenvalue weighted by atomic mass is 16.2. The SMILES string of the molecule is CC(=O)NCC(=O)N1C2CCC1CC(n1nccn1)C2. The summed E-state index contributed by atoms with van der Waals surface area (Å²) in [6.07, 6.45) is 7.25. The topological polar surface area (TPSA) is 80.1 Å². The maximum atomic E-state index is 12.2. The number of fused-ring (bicyclic) bond motifs is 2. The predicted molar refractivity (Wildman–Crippen MR) is 70.6 cm³/mol. The van der Waals surface area contributed by atoms with Crippen LogP contribution in [-0.2, 0) is 9.59 Å². The molecule has 20 heavy (non-hydrogen) atoms. The maximum absolute atomic E-state index is 12.2. The van der Waals surface area contributed by atoms with Crippen molar-refractivity contribution in [1.29, 1.82) is 0 Å². The van der Waals surface area contributed by atoms with Crippen molar-refractivity contribution in [2.24, 2.45) is 0 Å². The van der Waals surface area contributed by atoms with Crippen molar-refractivity contribution in [2.45, 2.75) is 50.7 Å². The number of nitrogens with zero attached hydrogens (tertiary/aromatic N) is 4. The minimum Gasteiger partial charge on any atom is -0.347 e. The van der Waals surface area contributed by atoms with Gasteiger partial charge in [-0.25, -0.2) is 0 Å². The molecule has 2 fully saturated rings. The number of aromatic nitrogens is 3. The van der Waals surface area contributed by atoms with Crippen molar-refractivity contribution < 1.29 is 9.59 Å². The molecule has 1 aromatic heterocycles. The van der Waals surface area contributed by atoms with Crippen LogP contribution in [0.2, 0.25) is 0 Å². The molecule has 2 bridgehead atoms. The fourth-order valence-corrected chi connectivity index (χ4v) is 3.45. The van der Waals surface area contributed by atoms with E-state index in [-0.39, 0.29) is 36.5 Å². The van der Waals surface area contributed by atoms with Gasteiger partial charge in [-0.2, -0.15) is 15.0 Å². The molecule has 0 radical (unpaired) electrons. The molecule has 1 N–H and O–H groups in total. The molecule has 2 aliphatic heterocycles. The zero-order chi connectivity index (χ0) is 14.1. The van der Waals surface area contributed by atoms with Gasteiger partial charge in [0.1, 0.15) is 0 Å². The van der Waals surface area contributed by atoms with Gasteiger partial charge in [0.2, 0.25) is 11.8 Å². The first kappa shape index (κ1) is 13.1. The first-order valence-electron chi connectivity index (χ1n) is 7.06. The number of carbonyl (C=O) groups excluding carboxylic acids is 2. The summed E-state index contributed by atoms with van der Waals surface area (Å²) in [6.45, 7) is 1.53. The van der Waals surface area contributed by atoms with Gasteiger partial charge in [-0.15, -0.1) is 0 Å². The normalized spacial score (nSPS) is 28.4. The van der Waals surface area contributed by atoms with Gasteiger partial charge in [-0.05, 0) is 25.7 Å². The van der Waals surface area contributed by atoms with E-state index in [9.17, 15) is 9.59 Å². The number of piperidine rings is 1. The summed E-state index contributed by atoms with van der Waals surface area (Å²) in [7, 11) is 0. The molecule has 0 saturated carbocycles. The molecule has 7 heteroatoms. The Hall–Kier alpha value is -1.92.